The van der Waals surface area contributed by atoms with Gasteiger partial charge in [-0.25, -0.2) is 4.79 Å². The van der Waals surface area contributed by atoms with Crippen molar-refractivity contribution in [3.8, 4) is 0 Å². The summed E-state index contributed by atoms with van der Waals surface area (Å²) in [7, 11) is 1.50. The molecule has 1 N–H and O–H groups in total. The van der Waals surface area contributed by atoms with Crippen molar-refractivity contribution >= 4 is 5.97 Å². The van der Waals surface area contributed by atoms with E-state index in [4.69, 9.17) is 19.1 Å². The summed E-state index contributed by atoms with van der Waals surface area (Å²) in [6.45, 7) is 0.823. The summed E-state index contributed by atoms with van der Waals surface area (Å²) >= 11 is 0. The van der Waals surface area contributed by atoms with Crippen LogP contribution in [0.1, 0.15) is 22.9 Å². The van der Waals surface area contributed by atoms with E-state index in [1.165, 1.54) is 7.11 Å². The van der Waals surface area contributed by atoms with Gasteiger partial charge >= 0.3 is 5.97 Å². The van der Waals surface area contributed by atoms with Crippen LogP contribution in [0.5, 0.6) is 0 Å². The maximum atomic E-state index is 10.6. The number of carboxylic acids is 1. The molecule has 0 radical (unpaired) electrons. The molecule has 1 saturated heterocycles. The lowest BCUT2D eigenvalue weighted by Gasteiger charge is -2.20. The molecule has 1 aromatic rings. The second-order valence-corrected chi connectivity index (χ2v) is 3.23. The summed E-state index contributed by atoms with van der Waals surface area (Å²) in [6.07, 6.45) is 0.574. The van der Waals surface area contributed by atoms with E-state index in [0.29, 0.717) is 19.6 Å². The monoisotopic (exact) mass is 214 g/mol. The van der Waals surface area contributed by atoms with E-state index >= 15 is 0 Å². The van der Waals surface area contributed by atoms with Gasteiger partial charge < -0.3 is 19.1 Å². The van der Waals surface area contributed by atoms with E-state index in [2.05, 4.69) is 10.1 Å². The zero-order valence-electron chi connectivity index (χ0n) is 8.10. The van der Waals surface area contributed by atoms with Gasteiger partial charge in [-0.3, -0.25) is 0 Å². The van der Waals surface area contributed by atoms with Gasteiger partial charge in [-0.05, 0) is 5.16 Å². The van der Waals surface area contributed by atoms with Gasteiger partial charge in [-0.2, -0.15) is 4.98 Å². The van der Waals surface area contributed by atoms with Crippen molar-refractivity contribution < 1.29 is 23.9 Å². The predicted octanol–water partition coefficient (Wildman–Crippen LogP) is 0.0298. The van der Waals surface area contributed by atoms with Gasteiger partial charge in [0.25, 0.3) is 11.7 Å². The number of hydrogen-bond acceptors (Lipinski definition) is 6. The predicted molar refractivity (Wildman–Crippen MR) is 45.4 cm³/mol. The highest BCUT2D eigenvalue weighted by Gasteiger charge is 2.42. The Morgan fingerprint density at radius 3 is 2.93 bits per heavy atom. The van der Waals surface area contributed by atoms with Crippen LogP contribution < -0.4 is 0 Å². The van der Waals surface area contributed by atoms with Crippen molar-refractivity contribution in [3.63, 3.8) is 0 Å². The van der Waals surface area contributed by atoms with Crippen LogP contribution in [0.3, 0.4) is 0 Å². The molecule has 82 valence electrons. The Morgan fingerprint density at radius 1 is 1.67 bits per heavy atom. The smallest absolute Gasteiger partial charge is 0.377 e. The van der Waals surface area contributed by atoms with Crippen molar-refractivity contribution in [3.05, 3.63) is 11.7 Å². The van der Waals surface area contributed by atoms with Crippen molar-refractivity contribution in [1.82, 2.24) is 10.1 Å². The van der Waals surface area contributed by atoms with Gasteiger partial charge in [0.2, 0.25) is 0 Å². The van der Waals surface area contributed by atoms with Crippen molar-refractivity contribution in [2.24, 2.45) is 0 Å². The molecule has 0 aliphatic carbocycles. The Kier molecular flexibility index (Phi) is 2.41. The number of aromatic carboxylic acids is 1. The van der Waals surface area contributed by atoms with Crippen LogP contribution in [-0.4, -0.2) is 41.5 Å². The maximum absolute atomic E-state index is 10.6. The average molecular weight is 214 g/mol. The van der Waals surface area contributed by atoms with Crippen molar-refractivity contribution in [2.75, 3.05) is 20.3 Å². The third-order valence-corrected chi connectivity index (χ3v) is 2.38. The fourth-order valence-corrected chi connectivity index (χ4v) is 1.46. The standard InChI is InChI=1S/C8H10N2O5/c1-13-8(2-3-14-4-8)7-9-5(6(11)12)10-15-7/h2-4H2,1H3,(H,11,12). The van der Waals surface area contributed by atoms with Crippen molar-refractivity contribution in [2.45, 2.75) is 12.0 Å². The minimum atomic E-state index is -1.23. The molecular formula is C8H10N2O5. The fourth-order valence-electron chi connectivity index (χ4n) is 1.46. The van der Waals surface area contributed by atoms with Crippen LogP contribution in [0, 0.1) is 0 Å². The molecule has 0 bridgehead atoms. The largest absolute Gasteiger partial charge is 0.475 e. The number of methoxy groups -OCH3 is 1. The number of carboxylic acid groups (broad SMARTS) is 1. The molecule has 0 aromatic carbocycles. The number of hydrogen-bond donors (Lipinski definition) is 1. The first kappa shape index (κ1) is 10.1. The lowest BCUT2D eigenvalue weighted by molar-refractivity contribution is -0.0442. The first-order chi connectivity index (χ1) is 7.18. The van der Waals surface area contributed by atoms with Crippen LogP contribution in [0.25, 0.3) is 0 Å². The van der Waals surface area contributed by atoms with Crippen LogP contribution >= 0.6 is 0 Å². The highest BCUT2D eigenvalue weighted by atomic mass is 16.6. The van der Waals surface area contributed by atoms with E-state index in [1.54, 1.807) is 0 Å². The quantitative estimate of drug-likeness (QED) is 0.758. The molecule has 2 heterocycles. The minimum Gasteiger partial charge on any atom is -0.475 e. The van der Waals surface area contributed by atoms with E-state index in [9.17, 15) is 4.79 Å². The number of ether oxygens (including phenoxy) is 2. The molecule has 1 unspecified atom stereocenters. The Bertz CT molecular complexity index is 369. The molecule has 1 aliphatic rings. The van der Waals surface area contributed by atoms with E-state index < -0.39 is 11.6 Å². The van der Waals surface area contributed by atoms with Crippen LogP contribution in [0.2, 0.25) is 0 Å². The van der Waals surface area contributed by atoms with Crippen LogP contribution in [0.15, 0.2) is 4.52 Å². The number of aromatic nitrogens is 2. The Labute approximate surface area is 85.0 Å². The SMILES string of the molecule is COC1(c2nc(C(=O)O)no2)CCOC1. The molecule has 0 spiro atoms. The summed E-state index contributed by atoms with van der Waals surface area (Å²) in [5, 5.41) is 12.0. The Balaban J connectivity index is 2.30. The molecule has 1 fully saturated rings. The normalized spacial score (nSPS) is 25.7. The number of nitrogens with zero attached hydrogens (tertiary/aromatic N) is 2. The van der Waals surface area contributed by atoms with E-state index in [1.807, 2.05) is 0 Å². The van der Waals surface area contributed by atoms with Gasteiger partial charge in [0.05, 0.1) is 13.2 Å². The van der Waals surface area contributed by atoms with Gasteiger partial charge in [0.1, 0.15) is 0 Å². The lowest BCUT2D eigenvalue weighted by Crippen LogP contribution is -2.29. The topological polar surface area (TPSA) is 94.7 Å². The van der Waals surface area contributed by atoms with Gasteiger partial charge in [0, 0.05) is 13.5 Å². The highest BCUT2D eigenvalue weighted by Crippen LogP contribution is 2.32. The summed E-state index contributed by atoms with van der Waals surface area (Å²) in [5.74, 6) is -1.44. The molecule has 2 rings (SSSR count). The number of carbonyl (C=O) groups is 1. The molecule has 1 aromatic heterocycles. The summed E-state index contributed by atoms with van der Waals surface area (Å²) in [4.78, 5) is 14.3. The van der Waals surface area contributed by atoms with Crippen LogP contribution in [0.4, 0.5) is 0 Å². The highest BCUT2D eigenvalue weighted by molar-refractivity contribution is 5.82. The molecular weight excluding hydrogens is 204 g/mol. The Hall–Kier alpha value is -1.47. The van der Waals surface area contributed by atoms with Gasteiger partial charge in [-0.1, -0.05) is 0 Å². The summed E-state index contributed by atoms with van der Waals surface area (Å²) in [6, 6.07) is 0. The Morgan fingerprint density at radius 2 is 2.47 bits per heavy atom. The molecule has 1 aliphatic heterocycles. The molecule has 7 heteroatoms. The third kappa shape index (κ3) is 1.59. The van der Waals surface area contributed by atoms with Crippen molar-refractivity contribution in [1.29, 1.82) is 0 Å². The zero-order chi connectivity index (χ0) is 10.9. The number of rotatable bonds is 3. The van der Waals surface area contributed by atoms with Gasteiger partial charge in [-0.15, -0.1) is 0 Å². The minimum absolute atomic E-state index is 0.153. The van der Waals surface area contributed by atoms with Gasteiger partial charge in [0.15, 0.2) is 5.60 Å². The summed E-state index contributed by atoms with van der Waals surface area (Å²) in [5.41, 5.74) is -0.791. The fraction of sp³-hybridized carbons (Fsp3) is 0.625. The molecule has 0 amide bonds. The average Bonchev–Trinajstić information content (AvgIpc) is 2.87. The third-order valence-electron chi connectivity index (χ3n) is 2.38. The molecule has 7 nitrogen and oxygen atoms in total. The summed E-state index contributed by atoms with van der Waals surface area (Å²) < 4.78 is 15.3. The van der Waals surface area contributed by atoms with E-state index in [0.717, 1.165) is 0 Å². The first-order valence-corrected chi connectivity index (χ1v) is 4.38. The maximum Gasteiger partial charge on any atom is 0.377 e. The second-order valence-electron chi connectivity index (χ2n) is 3.23. The molecule has 0 saturated carbocycles. The lowest BCUT2D eigenvalue weighted by atomic mass is 10.0. The zero-order valence-corrected chi connectivity index (χ0v) is 8.10. The van der Waals surface area contributed by atoms with E-state index in [-0.39, 0.29) is 11.7 Å². The first-order valence-electron chi connectivity index (χ1n) is 4.38. The molecule has 15 heavy (non-hydrogen) atoms. The molecule has 1 atom stereocenters. The second kappa shape index (κ2) is 3.59. The van der Waals surface area contributed by atoms with Crippen LogP contribution in [-0.2, 0) is 15.1 Å².